The van der Waals surface area contributed by atoms with Crippen molar-refractivity contribution < 1.29 is 9.34 Å². The van der Waals surface area contributed by atoms with Gasteiger partial charge in [-0.05, 0) is 53.1 Å². The lowest BCUT2D eigenvalue weighted by molar-refractivity contribution is -0.384. The van der Waals surface area contributed by atoms with Crippen molar-refractivity contribution in [3.63, 3.8) is 0 Å². The second-order valence-corrected chi connectivity index (χ2v) is 6.69. The van der Waals surface area contributed by atoms with Crippen LogP contribution < -0.4 is 0 Å². The number of benzene rings is 3. The lowest BCUT2D eigenvalue weighted by atomic mass is 10.0. The van der Waals surface area contributed by atoms with Crippen molar-refractivity contribution in [1.82, 2.24) is 0 Å². The molecule has 0 aliphatic carbocycles. The molecule has 1 heterocycles. The first-order valence-electron chi connectivity index (χ1n) is 9.01. The van der Waals surface area contributed by atoms with E-state index in [4.69, 9.17) is 4.42 Å². The predicted molar refractivity (Wildman–Crippen MR) is 113 cm³/mol. The summed E-state index contributed by atoms with van der Waals surface area (Å²) in [5, 5.41) is 22.9. The Labute approximate surface area is 167 Å². The van der Waals surface area contributed by atoms with Gasteiger partial charge in [0.25, 0.3) is 5.69 Å². The first-order valence-corrected chi connectivity index (χ1v) is 9.01. The quantitative estimate of drug-likeness (QED) is 0.234. The highest BCUT2D eigenvalue weighted by atomic mass is 16.6. The molecule has 0 spiro atoms. The summed E-state index contributed by atoms with van der Waals surface area (Å²) in [6.07, 6.45) is 1.68. The monoisotopic (exact) mass is 380 g/mol. The molecule has 0 amide bonds. The van der Waals surface area contributed by atoms with Gasteiger partial charge in [0.15, 0.2) is 0 Å². The molecule has 0 N–H and O–H groups in total. The second-order valence-electron chi connectivity index (χ2n) is 6.69. The van der Waals surface area contributed by atoms with Gasteiger partial charge in [0, 0.05) is 17.7 Å². The van der Waals surface area contributed by atoms with E-state index in [1.54, 1.807) is 24.3 Å². The number of furan rings is 1. The molecular formula is C24H16N2O3. The van der Waals surface area contributed by atoms with Crippen molar-refractivity contribution in [2.45, 2.75) is 6.92 Å². The molecule has 3 aromatic carbocycles. The molecule has 0 atom stereocenters. The minimum absolute atomic E-state index is 0.00738. The SMILES string of the molecule is Cc1ccc([N+](=O)[O-])cc1-c1ccc(C=C(C#N)c2ccc3ccccc3c2)o1. The largest absolute Gasteiger partial charge is 0.457 e. The Morgan fingerprint density at radius 2 is 1.83 bits per heavy atom. The Bertz CT molecular complexity index is 1310. The molecule has 29 heavy (non-hydrogen) atoms. The van der Waals surface area contributed by atoms with Gasteiger partial charge in [0.2, 0.25) is 0 Å². The Balaban J connectivity index is 1.71. The molecule has 5 nitrogen and oxygen atoms in total. The summed E-state index contributed by atoms with van der Waals surface area (Å²) in [5.41, 5.74) is 2.81. The van der Waals surface area contributed by atoms with E-state index >= 15 is 0 Å². The minimum Gasteiger partial charge on any atom is -0.457 e. The second kappa shape index (κ2) is 7.45. The first-order chi connectivity index (χ1) is 14.0. The van der Waals surface area contributed by atoms with Crippen LogP contribution >= 0.6 is 0 Å². The van der Waals surface area contributed by atoms with Crippen LogP contribution in [0.25, 0.3) is 33.7 Å². The van der Waals surface area contributed by atoms with E-state index in [0.29, 0.717) is 22.7 Å². The van der Waals surface area contributed by atoms with Crippen LogP contribution in [0, 0.1) is 28.4 Å². The number of nitro benzene ring substituents is 1. The van der Waals surface area contributed by atoms with Crippen molar-refractivity contribution in [3.05, 3.63) is 99.8 Å². The number of nitriles is 1. The number of hydrogen-bond acceptors (Lipinski definition) is 4. The van der Waals surface area contributed by atoms with Gasteiger partial charge in [0.05, 0.1) is 16.6 Å². The van der Waals surface area contributed by atoms with Crippen molar-refractivity contribution >= 4 is 28.1 Å². The molecule has 0 saturated heterocycles. The van der Waals surface area contributed by atoms with Crippen LogP contribution in [0.15, 0.2) is 77.2 Å². The van der Waals surface area contributed by atoms with E-state index in [-0.39, 0.29) is 5.69 Å². The Kier molecular flexibility index (Phi) is 4.68. The summed E-state index contributed by atoms with van der Waals surface area (Å²) in [6.45, 7) is 1.87. The van der Waals surface area contributed by atoms with Gasteiger partial charge in [-0.3, -0.25) is 10.1 Å². The van der Waals surface area contributed by atoms with Gasteiger partial charge in [-0.25, -0.2) is 0 Å². The summed E-state index contributed by atoms with van der Waals surface area (Å²) in [5.74, 6) is 1.03. The number of hydrogen-bond donors (Lipinski definition) is 0. The molecule has 0 bridgehead atoms. The molecule has 1 aromatic heterocycles. The molecule has 4 rings (SSSR count). The zero-order chi connectivity index (χ0) is 20.4. The lowest BCUT2D eigenvalue weighted by Crippen LogP contribution is -1.89. The fourth-order valence-electron chi connectivity index (χ4n) is 3.24. The van der Waals surface area contributed by atoms with E-state index < -0.39 is 4.92 Å². The number of aryl methyl sites for hydroxylation is 1. The summed E-state index contributed by atoms with van der Waals surface area (Å²) in [6, 6.07) is 24.2. The number of allylic oxidation sites excluding steroid dienone is 1. The van der Waals surface area contributed by atoms with Crippen LogP contribution in [0.1, 0.15) is 16.9 Å². The van der Waals surface area contributed by atoms with E-state index in [1.165, 1.54) is 12.1 Å². The fourth-order valence-corrected chi connectivity index (χ4v) is 3.24. The third-order valence-corrected chi connectivity index (χ3v) is 4.79. The highest BCUT2D eigenvalue weighted by molar-refractivity contribution is 5.93. The number of rotatable bonds is 4. The molecule has 0 aliphatic heterocycles. The van der Waals surface area contributed by atoms with Crippen LogP contribution in [-0.2, 0) is 0 Å². The first kappa shape index (κ1) is 18.2. The number of non-ortho nitro benzene ring substituents is 1. The smallest absolute Gasteiger partial charge is 0.270 e. The standard InChI is InChI=1S/C24H16N2O3/c1-16-6-9-21(26(27)28)14-23(16)24-11-10-22(29-24)13-20(15-25)19-8-7-17-4-2-3-5-18(17)12-19/h2-14H,1H3. The van der Waals surface area contributed by atoms with Crippen molar-refractivity contribution in [2.75, 3.05) is 0 Å². The molecular weight excluding hydrogens is 364 g/mol. The Morgan fingerprint density at radius 1 is 1.03 bits per heavy atom. The third kappa shape index (κ3) is 3.64. The zero-order valence-electron chi connectivity index (χ0n) is 15.6. The van der Waals surface area contributed by atoms with Crippen molar-refractivity contribution in [1.29, 1.82) is 5.26 Å². The van der Waals surface area contributed by atoms with E-state index in [9.17, 15) is 15.4 Å². The van der Waals surface area contributed by atoms with Gasteiger partial charge < -0.3 is 4.42 Å². The van der Waals surface area contributed by atoms with Gasteiger partial charge in [-0.2, -0.15) is 5.26 Å². The maximum atomic E-state index is 11.1. The van der Waals surface area contributed by atoms with E-state index in [2.05, 4.69) is 6.07 Å². The lowest BCUT2D eigenvalue weighted by Gasteiger charge is -2.03. The predicted octanol–water partition coefficient (Wildman–Crippen LogP) is 6.38. The normalized spacial score (nSPS) is 11.4. The van der Waals surface area contributed by atoms with Crippen LogP contribution in [0.3, 0.4) is 0 Å². The molecule has 0 fully saturated rings. The molecule has 4 aromatic rings. The topological polar surface area (TPSA) is 80.1 Å². The molecule has 0 unspecified atom stereocenters. The summed E-state index contributed by atoms with van der Waals surface area (Å²) >= 11 is 0. The molecule has 0 radical (unpaired) electrons. The van der Waals surface area contributed by atoms with E-state index in [1.807, 2.05) is 49.4 Å². The van der Waals surface area contributed by atoms with Gasteiger partial charge in [-0.1, -0.05) is 42.5 Å². The maximum Gasteiger partial charge on any atom is 0.270 e. The van der Waals surface area contributed by atoms with Gasteiger partial charge in [0.1, 0.15) is 11.5 Å². The van der Waals surface area contributed by atoms with Crippen LogP contribution in [-0.4, -0.2) is 4.92 Å². The molecule has 0 saturated carbocycles. The Morgan fingerprint density at radius 3 is 2.59 bits per heavy atom. The van der Waals surface area contributed by atoms with Crippen LogP contribution in [0.4, 0.5) is 5.69 Å². The summed E-state index contributed by atoms with van der Waals surface area (Å²) in [4.78, 5) is 10.6. The van der Waals surface area contributed by atoms with Crippen molar-refractivity contribution in [2.24, 2.45) is 0 Å². The number of nitrogens with zero attached hydrogens (tertiary/aromatic N) is 2. The molecule has 5 heteroatoms. The zero-order valence-corrected chi connectivity index (χ0v) is 15.6. The highest BCUT2D eigenvalue weighted by Crippen LogP contribution is 2.30. The van der Waals surface area contributed by atoms with Gasteiger partial charge in [-0.15, -0.1) is 0 Å². The van der Waals surface area contributed by atoms with Gasteiger partial charge >= 0.3 is 0 Å². The molecule has 0 aliphatic rings. The summed E-state index contributed by atoms with van der Waals surface area (Å²) in [7, 11) is 0. The van der Waals surface area contributed by atoms with Crippen molar-refractivity contribution in [3.8, 4) is 17.4 Å². The maximum absolute atomic E-state index is 11.1. The minimum atomic E-state index is -0.430. The summed E-state index contributed by atoms with van der Waals surface area (Å²) < 4.78 is 5.88. The number of fused-ring (bicyclic) bond motifs is 1. The average Bonchev–Trinajstić information content (AvgIpc) is 3.20. The van der Waals surface area contributed by atoms with Crippen LogP contribution in [0.2, 0.25) is 0 Å². The fraction of sp³-hybridized carbons (Fsp3) is 0.0417. The third-order valence-electron chi connectivity index (χ3n) is 4.79. The molecule has 140 valence electrons. The van der Waals surface area contributed by atoms with Crippen LogP contribution in [0.5, 0.6) is 0 Å². The Hall–Kier alpha value is -4.17. The van der Waals surface area contributed by atoms with E-state index in [0.717, 1.165) is 21.9 Å². The number of nitro groups is 1. The highest BCUT2D eigenvalue weighted by Gasteiger charge is 2.13. The average molecular weight is 380 g/mol.